The van der Waals surface area contributed by atoms with Crippen LogP contribution in [-0.4, -0.2) is 29.9 Å². The zero-order valence-electron chi connectivity index (χ0n) is 16.0. The fourth-order valence-corrected chi connectivity index (χ4v) is 4.09. The third-order valence-electron chi connectivity index (χ3n) is 4.60. The van der Waals surface area contributed by atoms with Gasteiger partial charge in [0.15, 0.2) is 0 Å². The molecule has 0 aliphatic rings. The van der Waals surface area contributed by atoms with Crippen LogP contribution in [0.15, 0.2) is 65.8 Å². The molecule has 2 heterocycles. The van der Waals surface area contributed by atoms with Gasteiger partial charge in [0.2, 0.25) is 0 Å². The molecular formula is C22H22N4OS. The number of unbranched alkanes of at least 4 members (excludes halogenated alkanes) is 1. The van der Waals surface area contributed by atoms with E-state index < -0.39 is 11.2 Å². The highest BCUT2D eigenvalue weighted by Gasteiger charge is 2.21. The number of fused-ring (bicyclic) bond motifs is 1. The number of rotatable bonds is 6. The maximum absolute atomic E-state index is 12.6. The fraction of sp³-hybridized carbons (Fsp3) is 0.227. The summed E-state index contributed by atoms with van der Waals surface area (Å²) in [4.78, 5) is 9.20. The molecule has 4 rings (SSSR count). The molecule has 0 saturated heterocycles. The van der Waals surface area contributed by atoms with Gasteiger partial charge in [-0.25, -0.2) is 4.98 Å². The number of hydrogen-bond acceptors (Lipinski definition) is 4. The fourth-order valence-electron chi connectivity index (χ4n) is 3.00. The van der Waals surface area contributed by atoms with Crippen molar-refractivity contribution in [2.45, 2.75) is 31.8 Å². The highest BCUT2D eigenvalue weighted by molar-refractivity contribution is 7.91. The van der Waals surface area contributed by atoms with Gasteiger partial charge < -0.3 is 4.55 Å². The summed E-state index contributed by atoms with van der Waals surface area (Å²) in [6.07, 6.45) is 1.87. The molecule has 142 valence electrons. The van der Waals surface area contributed by atoms with Crippen molar-refractivity contribution >= 4 is 17.0 Å². The zero-order valence-corrected chi connectivity index (χ0v) is 16.8. The molecule has 0 bridgehead atoms. The number of nitrogens with zero attached hydrogens (tertiary/aromatic N) is 4. The first-order valence-electron chi connectivity index (χ1n) is 9.44. The van der Waals surface area contributed by atoms with Crippen LogP contribution >= 0.6 is 0 Å². The minimum Gasteiger partial charge on any atom is -0.609 e. The molecule has 0 saturated carbocycles. The van der Waals surface area contributed by atoms with Gasteiger partial charge in [-0.1, -0.05) is 78.6 Å². The lowest BCUT2D eigenvalue weighted by Crippen LogP contribution is -2.09. The van der Waals surface area contributed by atoms with Crippen LogP contribution in [0, 0.1) is 6.92 Å². The van der Waals surface area contributed by atoms with Crippen LogP contribution in [0.2, 0.25) is 0 Å². The first-order valence-corrected chi connectivity index (χ1v) is 10.8. The second-order valence-electron chi connectivity index (χ2n) is 6.77. The second-order valence-corrected chi connectivity index (χ2v) is 8.23. The summed E-state index contributed by atoms with van der Waals surface area (Å²) < 4.78 is 14.3. The van der Waals surface area contributed by atoms with Crippen molar-refractivity contribution in [3.8, 4) is 22.5 Å². The molecule has 5 nitrogen and oxygen atoms in total. The summed E-state index contributed by atoms with van der Waals surface area (Å²) in [5.74, 6) is 1.04. The largest absolute Gasteiger partial charge is 0.609 e. The highest BCUT2D eigenvalue weighted by atomic mass is 32.2. The maximum atomic E-state index is 12.6. The topological polar surface area (TPSA) is 66.1 Å². The Labute approximate surface area is 167 Å². The molecule has 0 aliphatic carbocycles. The summed E-state index contributed by atoms with van der Waals surface area (Å²) in [6, 6.07) is 20.3. The minimum atomic E-state index is -1.22. The van der Waals surface area contributed by atoms with Crippen molar-refractivity contribution in [2.75, 3.05) is 5.75 Å². The van der Waals surface area contributed by atoms with Gasteiger partial charge in [0.1, 0.15) is 5.75 Å². The highest BCUT2D eigenvalue weighted by Crippen LogP contribution is 2.26. The predicted molar refractivity (Wildman–Crippen MR) is 113 cm³/mol. The van der Waals surface area contributed by atoms with E-state index in [1.165, 1.54) is 5.56 Å². The Balaban J connectivity index is 1.87. The molecule has 0 spiro atoms. The lowest BCUT2D eigenvalue weighted by molar-refractivity contribution is 0.582. The van der Waals surface area contributed by atoms with Crippen molar-refractivity contribution in [3.63, 3.8) is 0 Å². The third-order valence-corrected chi connectivity index (χ3v) is 5.84. The molecule has 28 heavy (non-hydrogen) atoms. The van der Waals surface area contributed by atoms with Crippen LogP contribution in [0.5, 0.6) is 0 Å². The van der Waals surface area contributed by atoms with E-state index in [1.54, 1.807) is 4.52 Å². The van der Waals surface area contributed by atoms with Crippen LogP contribution < -0.4 is 0 Å². The third kappa shape index (κ3) is 3.79. The van der Waals surface area contributed by atoms with Crippen molar-refractivity contribution in [1.29, 1.82) is 0 Å². The first kappa shape index (κ1) is 18.7. The van der Waals surface area contributed by atoms with E-state index in [0.29, 0.717) is 16.7 Å². The molecule has 6 heteroatoms. The Morgan fingerprint density at radius 1 is 0.964 bits per heavy atom. The molecular weight excluding hydrogens is 368 g/mol. The molecule has 0 aliphatic heterocycles. The van der Waals surface area contributed by atoms with E-state index in [0.717, 1.165) is 35.4 Å². The van der Waals surface area contributed by atoms with Crippen LogP contribution in [0.1, 0.15) is 25.3 Å². The number of hydrogen-bond donors (Lipinski definition) is 0. The van der Waals surface area contributed by atoms with Gasteiger partial charge in [0.05, 0.1) is 11.4 Å². The van der Waals surface area contributed by atoms with Gasteiger partial charge in [-0.3, -0.25) is 0 Å². The first-order chi connectivity index (χ1) is 13.7. The lowest BCUT2D eigenvalue weighted by Gasteiger charge is -2.08. The molecule has 0 radical (unpaired) electrons. The standard InChI is InChI=1S/C22H22N4OS/c1-3-4-14-28(27)22-24-21-23-19(17-12-10-16(2)11-13-17)15-20(26(21)25-22)18-8-6-5-7-9-18/h5-13,15H,3-4,14H2,1-2H3. The van der Waals surface area contributed by atoms with E-state index >= 15 is 0 Å². The Hall–Kier alpha value is -2.70. The van der Waals surface area contributed by atoms with Crippen LogP contribution in [-0.2, 0) is 11.2 Å². The predicted octanol–water partition coefficient (Wildman–Crippen LogP) is 4.67. The van der Waals surface area contributed by atoms with Gasteiger partial charge >= 0.3 is 5.16 Å². The molecule has 1 unspecified atom stereocenters. The Bertz CT molecular complexity index is 1080. The van der Waals surface area contributed by atoms with Crippen LogP contribution in [0.25, 0.3) is 28.3 Å². The Morgan fingerprint density at radius 2 is 1.71 bits per heavy atom. The monoisotopic (exact) mass is 390 g/mol. The second kappa shape index (κ2) is 8.12. The van der Waals surface area contributed by atoms with Crippen LogP contribution in [0.3, 0.4) is 0 Å². The summed E-state index contributed by atoms with van der Waals surface area (Å²) in [5, 5.41) is 4.88. The normalized spacial score (nSPS) is 12.4. The number of aryl methyl sites for hydroxylation is 1. The van der Waals surface area contributed by atoms with Crippen molar-refractivity contribution in [2.24, 2.45) is 0 Å². The molecule has 2 aromatic heterocycles. The zero-order chi connectivity index (χ0) is 19.5. The lowest BCUT2D eigenvalue weighted by atomic mass is 10.1. The van der Waals surface area contributed by atoms with E-state index in [9.17, 15) is 4.55 Å². The number of benzene rings is 2. The average molecular weight is 391 g/mol. The summed E-state index contributed by atoms with van der Waals surface area (Å²) in [5.41, 5.74) is 4.93. The Morgan fingerprint density at radius 3 is 2.43 bits per heavy atom. The van der Waals surface area contributed by atoms with Gasteiger partial charge in [-0.15, -0.1) is 4.98 Å². The van der Waals surface area contributed by atoms with Crippen LogP contribution in [0.4, 0.5) is 0 Å². The van der Waals surface area contributed by atoms with E-state index in [1.807, 2.05) is 36.4 Å². The van der Waals surface area contributed by atoms with Gasteiger partial charge in [-0.2, -0.15) is 4.52 Å². The van der Waals surface area contributed by atoms with Gasteiger partial charge in [-0.05, 0) is 19.4 Å². The Kier molecular flexibility index (Phi) is 5.41. The van der Waals surface area contributed by atoms with E-state index in [4.69, 9.17) is 4.98 Å². The number of aromatic nitrogens is 4. The molecule has 0 fully saturated rings. The van der Waals surface area contributed by atoms with E-state index in [2.05, 4.69) is 48.2 Å². The SMILES string of the molecule is CCCC[S+]([O-])c1nc2nc(-c3ccc(C)cc3)cc(-c3ccccc3)n2n1. The quantitative estimate of drug-likeness (QED) is 0.449. The summed E-state index contributed by atoms with van der Waals surface area (Å²) in [6.45, 7) is 4.14. The smallest absolute Gasteiger partial charge is 0.363 e. The molecule has 4 aromatic rings. The van der Waals surface area contributed by atoms with Gasteiger partial charge in [0, 0.05) is 22.3 Å². The average Bonchev–Trinajstić information content (AvgIpc) is 3.17. The molecule has 0 N–H and O–H groups in total. The van der Waals surface area contributed by atoms with E-state index in [-0.39, 0.29) is 0 Å². The summed E-state index contributed by atoms with van der Waals surface area (Å²) in [7, 11) is 0. The molecule has 1 atom stereocenters. The molecule has 0 amide bonds. The maximum Gasteiger partial charge on any atom is 0.363 e. The minimum absolute atomic E-state index is 0.346. The van der Waals surface area contributed by atoms with Gasteiger partial charge in [0.25, 0.3) is 5.78 Å². The van der Waals surface area contributed by atoms with Crippen molar-refractivity contribution in [1.82, 2.24) is 19.6 Å². The van der Waals surface area contributed by atoms with Crippen molar-refractivity contribution < 1.29 is 4.55 Å². The molecule has 2 aromatic carbocycles. The summed E-state index contributed by atoms with van der Waals surface area (Å²) >= 11 is -1.22. The van der Waals surface area contributed by atoms with Crippen molar-refractivity contribution in [3.05, 3.63) is 66.2 Å².